The van der Waals surface area contributed by atoms with Crippen molar-refractivity contribution in [2.45, 2.75) is 145 Å². The van der Waals surface area contributed by atoms with Crippen LogP contribution in [-0.4, -0.2) is 69.5 Å². The average molecular weight is 671 g/mol. The van der Waals surface area contributed by atoms with Crippen molar-refractivity contribution in [2.24, 2.45) is 50.2 Å². The molecule has 48 heavy (non-hydrogen) atoms. The molecule has 12 atom stereocenters. The minimum absolute atomic E-state index is 0.0746. The molecule has 0 aliphatic heterocycles. The number of aliphatic hydroxyl groups excluding tert-OH is 4. The molecule has 5 aliphatic rings. The van der Waals surface area contributed by atoms with Crippen LogP contribution in [0, 0.1) is 50.2 Å². The lowest BCUT2D eigenvalue weighted by molar-refractivity contribution is -0.292. The minimum atomic E-state index is -1.53. The second kappa shape index (κ2) is 12.1. The van der Waals surface area contributed by atoms with Gasteiger partial charge in [0.05, 0.1) is 30.3 Å². The van der Waals surface area contributed by atoms with Gasteiger partial charge in [-0.3, -0.25) is 0 Å². The van der Waals surface area contributed by atoms with Gasteiger partial charge in [-0.25, -0.2) is 9.59 Å². The standard InChI is InChI=1S/C40H62O8/c1-12-22(3)33(45)47-31-32(48-34(46)23(4)13-2)40(21-41)25(20-35(31,5)6)24-14-15-27-37(9)18-17-28(42)36(7,8)26(37)16-19-38(27,10)39(24,11)29(43)30(40)44/h12-14,25-32,41-44H,15-21H2,1-11H3/b22-12-,23-13-/t25-,26-,27+,28?,29?,30?,31?,32?,37-,38+,39-,40-/m0/s1. The van der Waals surface area contributed by atoms with Crippen molar-refractivity contribution in [1.82, 2.24) is 0 Å². The third-order valence-corrected chi connectivity index (χ3v) is 15.4. The zero-order chi connectivity index (χ0) is 36.0. The van der Waals surface area contributed by atoms with E-state index in [1.165, 1.54) is 0 Å². The normalized spacial score (nSPS) is 46.6. The highest BCUT2D eigenvalue weighted by atomic mass is 16.6. The third-order valence-electron chi connectivity index (χ3n) is 15.4. The summed E-state index contributed by atoms with van der Waals surface area (Å²) in [6.45, 7) is 21.4. The molecule has 0 spiro atoms. The van der Waals surface area contributed by atoms with Crippen molar-refractivity contribution < 1.29 is 39.5 Å². The third kappa shape index (κ3) is 4.81. The predicted molar refractivity (Wildman–Crippen MR) is 184 cm³/mol. The lowest BCUT2D eigenvalue weighted by Crippen LogP contribution is -2.76. The number of allylic oxidation sites excluding steroid dienone is 3. The summed E-state index contributed by atoms with van der Waals surface area (Å²) in [6.07, 6.45) is 4.81. The van der Waals surface area contributed by atoms with Crippen LogP contribution >= 0.6 is 0 Å². The van der Waals surface area contributed by atoms with Crippen molar-refractivity contribution in [3.05, 3.63) is 34.9 Å². The minimum Gasteiger partial charge on any atom is -0.454 e. The fraction of sp³-hybridized carbons (Fsp3) is 0.800. The number of hydrogen-bond acceptors (Lipinski definition) is 8. The van der Waals surface area contributed by atoms with Gasteiger partial charge in [-0.2, -0.15) is 0 Å². The van der Waals surface area contributed by atoms with Crippen molar-refractivity contribution in [3.63, 3.8) is 0 Å². The van der Waals surface area contributed by atoms with Crippen molar-refractivity contribution in [1.29, 1.82) is 0 Å². The molecular formula is C40H62O8. The quantitative estimate of drug-likeness (QED) is 0.158. The Morgan fingerprint density at radius 2 is 1.40 bits per heavy atom. The van der Waals surface area contributed by atoms with Crippen LogP contribution in [-0.2, 0) is 19.1 Å². The smallest absolute Gasteiger partial charge is 0.333 e. The van der Waals surface area contributed by atoms with E-state index in [-0.39, 0.29) is 22.9 Å². The van der Waals surface area contributed by atoms with Crippen LogP contribution in [0.15, 0.2) is 34.9 Å². The zero-order valence-electron chi connectivity index (χ0n) is 31.2. The molecule has 5 aliphatic carbocycles. The Kier molecular flexibility index (Phi) is 9.36. The van der Waals surface area contributed by atoms with Crippen LogP contribution in [0.4, 0.5) is 0 Å². The zero-order valence-corrected chi connectivity index (χ0v) is 31.2. The number of fused-ring (bicyclic) bond motifs is 7. The molecule has 4 N–H and O–H groups in total. The van der Waals surface area contributed by atoms with Gasteiger partial charge in [0.1, 0.15) is 6.10 Å². The maximum absolute atomic E-state index is 13.5. The summed E-state index contributed by atoms with van der Waals surface area (Å²) in [6, 6.07) is 0. The second-order valence-corrected chi connectivity index (χ2v) is 18.0. The van der Waals surface area contributed by atoms with Gasteiger partial charge in [0.15, 0.2) is 6.10 Å². The molecule has 0 heterocycles. The van der Waals surface area contributed by atoms with Crippen molar-refractivity contribution in [3.8, 4) is 0 Å². The molecule has 0 radical (unpaired) electrons. The van der Waals surface area contributed by atoms with E-state index in [1.54, 1.807) is 39.8 Å². The molecule has 5 rings (SSSR count). The first-order valence-corrected chi connectivity index (χ1v) is 18.2. The van der Waals surface area contributed by atoms with E-state index in [0.717, 1.165) is 37.7 Å². The van der Waals surface area contributed by atoms with Crippen molar-refractivity contribution in [2.75, 3.05) is 6.61 Å². The molecule has 0 aromatic carbocycles. The van der Waals surface area contributed by atoms with Crippen molar-refractivity contribution >= 4 is 11.9 Å². The van der Waals surface area contributed by atoms with Crippen LogP contribution in [0.1, 0.15) is 115 Å². The van der Waals surface area contributed by atoms with Gasteiger partial charge in [-0.05, 0) is 100 Å². The molecule has 0 amide bonds. The van der Waals surface area contributed by atoms with Gasteiger partial charge in [-0.1, -0.05) is 72.3 Å². The highest BCUT2D eigenvalue weighted by Crippen LogP contribution is 2.76. The van der Waals surface area contributed by atoms with Gasteiger partial charge >= 0.3 is 11.9 Å². The van der Waals surface area contributed by atoms with Crippen LogP contribution in [0.5, 0.6) is 0 Å². The Balaban J connectivity index is 1.69. The summed E-state index contributed by atoms with van der Waals surface area (Å²) in [4.78, 5) is 26.8. The lowest BCUT2D eigenvalue weighted by Gasteiger charge is -2.73. The maximum Gasteiger partial charge on any atom is 0.333 e. The Morgan fingerprint density at radius 3 is 1.94 bits per heavy atom. The molecule has 4 saturated carbocycles. The first-order valence-electron chi connectivity index (χ1n) is 18.2. The van der Waals surface area contributed by atoms with E-state index in [0.29, 0.717) is 23.5 Å². The molecule has 0 bridgehead atoms. The molecule has 5 unspecified atom stereocenters. The van der Waals surface area contributed by atoms with E-state index < -0.39 is 70.5 Å². The molecule has 8 heteroatoms. The Hall–Kier alpha value is -2.00. The van der Waals surface area contributed by atoms with Gasteiger partial charge in [-0.15, -0.1) is 0 Å². The Labute approximate surface area is 288 Å². The fourth-order valence-electron chi connectivity index (χ4n) is 11.9. The maximum atomic E-state index is 13.5. The van der Waals surface area contributed by atoms with E-state index in [2.05, 4.69) is 40.7 Å². The molecule has 4 fully saturated rings. The van der Waals surface area contributed by atoms with Crippen LogP contribution < -0.4 is 0 Å². The Bertz CT molecular complexity index is 1410. The van der Waals surface area contributed by atoms with E-state index >= 15 is 0 Å². The fourth-order valence-corrected chi connectivity index (χ4v) is 11.9. The number of ether oxygens (including phenoxy) is 2. The summed E-state index contributed by atoms with van der Waals surface area (Å²) in [5.74, 6) is -1.12. The highest BCUT2D eigenvalue weighted by Gasteiger charge is 2.76. The molecule has 0 saturated heterocycles. The van der Waals surface area contributed by atoms with Gasteiger partial charge < -0.3 is 29.9 Å². The molecule has 0 aromatic heterocycles. The molecule has 270 valence electrons. The number of aliphatic hydroxyl groups is 4. The molecular weight excluding hydrogens is 608 g/mol. The molecule has 8 nitrogen and oxygen atoms in total. The number of carbonyl (C=O) groups excluding carboxylic acids is 2. The highest BCUT2D eigenvalue weighted by molar-refractivity contribution is 5.88. The number of esters is 2. The summed E-state index contributed by atoms with van der Waals surface area (Å²) in [5, 5.41) is 47.8. The monoisotopic (exact) mass is 670 g/mol. The van der Waals surface area contributed by atoms with Gasteiger partial charge in [0.25, 0.3) is 0 Å². The van der Waals surface area contributed by atoms with E-state index in [4.69, 9.17) is 9.47 Å². The largest absolute Gasteiger partial charge is 0.454 e. The summed E-state index contributed by atoms with van der Waals surface area (Å²) in [5.41, 5.74) is -2.06. The van der Waals surface area contributed by atoms with E-state index in [9.17, 15) is 30.0 Å². The summed E-state index contributed by atoms with van der Waals surface area (Å²) >= 11 is 0. The second-order valence-electron chi connectivity index (χ2n) is 18.0. The summed E-state index contributed by atoms with van der Waals surface area (Å²) < 4.78 is 12.4. The number of rotatable bonds is 5. The Morgan fingerprint density at radius 1 is 0.833 bits per heavy atom. The van der Waals surface area contributed by atoms with Crippen LogP contribution in [0.2, 0.25) is 0 Å². The van der Waals surface area contributed by atoms with Gasteiger partial charge in [0, 0.05) is 22.0 Å². The van der Waals surface area contributed by atoms with Gasteiger partial charge in [0.2, 0.25) is 0 Å². The summed E-state index contributed by atoms with van der Waals surface area (Å²) in [7, 11) is 0. The lowest BCUT2D eigenvalue weighted by atomic mass is 9.32. The number of hydrogen-bond donors (Lipinski definition) is 4. The number of carbonyl (C=O) groups is 2. The average Bonchev–Trinajstić information content (AvgIpc) is 3.03. The SMILES string of the molecule is C/C=C(/C)C(=O)OC1C(OC(=O)/C(C)=C\C)[C@]2(CO)C(O)C(O)[C@]3(C)C(=CC[C@@H]4[C@@]5(C)CCC(O)C(C)(C)[C@@H]5CC[C@]43C)[C@@H]2CC1(C)C. The first kappa shape index (κ1) is 37.3. The first-order chi connectivity index (χ1) is 22.2. The topological polar surface area (TPSA) is 134 Å². The predicted octanol–water partition coefficient (Wildman–Crippen LogP) is 6.06. The van der Waals surface area contributed by atoms with Crippen LogP contribution in [0.3, 0.4) is 0 Å². The van der Waals surface area contributed by atoms with Crippen LogP contribution in [0.25, 0.3) is 0 Å². The molecule has 0 aromatic rings. The van der Waals surface area contributed by atoms with E-state index in [1.807, 2.05) is 13.8 Å².